The summed E-state index contributed by atoms with van der Waals surface area (Å²) in [6.45, 7) is 4.36. The second-order valence-corrected chi connectivity index (χ2v) is 3.22. The Bertz CT molecular complexity index is 167. The summed E-state index contributed by atoms with van der Waals surface area (Å²) in [6, 6.07) is 0. The maximum absolute atomic E-state index is 4.44. The Morgan fingerprint density at radius 3 is 2.31 bits per heavy atom. The molecule has 13 heavy (non-hydrogen) atoms. The van der Waals surface area contributed by atoms with Crippen LogP contribution >= 0.6 is 24.8 Å². The summed E-state index contributed by atoms with van der Waals surface area (Å²) in [5, 5.41) is 6.70. The first-order valence-corrected chi connectivity index (χ1v) is 4.46. The van der Waals surface area contributed by atoms with E-state index in [1.165, 1.54) is 18.7 Å². The van der Waals surface area contributed by atoms with Crippen LogP contribution in [-0.4, -0.2) is 32.0 Å². The lowest BCUT2D eigenvalue weighted by atomic mass is 9.97. The van der Waals surface area contributed by atoms with E-state index in [0.29, 0.717) is 0 Å². The molecule has 1 fully saturated rings. The van der Waals surface area contributed by atoms with Gasteiger partial charge in [0.2, 0.25) is 0 Å². The van der Waals surface area contributed by atoms with E-state index in [1.54, 1.807) is 0 Å². The van der Waals surface area contributed by atoms with Crippen LogP contribution in [0.1, 0.15) is 12.8 Å². The first kappa shape index (κ1) is 13.0. The van der Waals surface area contributed by atoms with Gasteiger partial charge in [0.25, 0.3) is 0 Å². The van der Waals surface area contributed by atoms with Crippen LogP contribution in [0.5, 0.6) is 0 Å². The Hall–Kier alpha value is 0.01000. The predicted molar refractivity (Wildman–Crippen MR) is 60.4 cm³/mol. The van der Waals surface area contributed by atoms with Crippen molar-refractivity contribution in [3.8, 4) is 0 Å². The largest absolute Gasteiger partial charge is 0.372 e. The first-order valence-electron chi connectivity index (χ1n) is 4.46. The zero-order chi connectivity index (χ0) is 7.52. The number of nitrogens with zero attached hydrogens (tertiary/aromatic N) is 1. The minimum Gasteiger partial charge on any atom is -0.372 e. The van der Waals surface area contributed by atoms with Crippen LogP contribution in [0.25, 0.3) is 0 Å². The fraction of sp³-hybridized carbons (Fsp3) is 0.875. The molecule has 0 saturated carbocycles. The van der Waals surface area contributed by atoms with Gasteiger partial charge in [0.05, 0.1) is 12.4 Å². The number of piperidine rings is 1. The molecular formula is C8H17Cl2N3. The van der Waals surface area contributed by atoms with E-state index in [2.05, 4.69) is 15.6 Å². The molecule has 2 aliphatic heterocycles. The van der Waals surface area contributed by atoms with Crippen LogP contribution in [0.15, 0.2) is 4.99 Å². The maximum Gasteiger partial charge on any atom is 0.0996 e. The number of hydrogen-bond acceptors (Lipinski definition) is 3. The zero-order valence-electron chi connectivity index (χ0n) is 7.58. The standard InChI is InChI=1S/C8H15N3.2ClH/c1-3-9-4-2-7(1)8-10-5-6-11-8;;/h7,9H,1-6H2,(H,10,11);2*1H. The molecule has 2 heterocycles. The Kier molecular flexibility index (Phi) is 6.47. The van der Waals surface area contributed by atoms with Crippen LogP contribution in [0.3, 0.4) is 0 Å². The molecule has 0 aromatic heterocycles. The number of amidine groups is 1. The molecule has 0 unspecified atom stereocenters. The average molecular weight is 226 g/mol. The minimum atomic E-state index is 0. The van der Waals surface area contributed by atoms with Crippen molar-refractivity contribution in [1.29, 1.82) is 0 Å². The summed E-state index contributed by atoms with van der Waals surface area (Å²) in [4.78, 5) is 4.44. The first-order chi connectivity index (χ1) is 5.47. The minimum absolute atomic E-state index is 0. The highest BCUT2D eigenvalue weighted by Crippen LogP contribution is 2.13. The molecule has 0 aromatic carbocycles. The third-order valence-corrected chi connectivity index (χ3v) is 2.43. The molecule has 0 amide bonds. The SMILES string of the molecule is C1CNC(C2CCNCC2)=N1.Cl.Cl. The second-order valence-electron chi connectivity index (χ2n) is 3.22. The third-order valence-electron chi connectivity index (χ3n) is 2.43. The van der Waals surface area contributed by atoms with E-state index in [1.807, 2.05) is 0 Å². The lowest BCUT2D eigenvalue weighted by Crippen LogP contribution is -2.36. The summed E-state index contributed by atoms with van der Waals surface area (Å²) in [5.74, 6) is 1.99. The Labute approximate surface area is 91.6 Å². The van der Waals surface area contributed by atoms with Crippen molar-refractivity contribution in [3.05, 3.63) is 0 Å². The van der Waals surface area contributed by atoms with E-state index in [-0.39, 0.29) is 24.8 Å². The van der Waals surface area contributed by atoms with Crippen molar-refractivity contribution >= 4 is 30.6 Å². The van der Waals surface area contributed by atoms with Crippen molar-refractivity contribution in [2.45, 2.75) is 12.8 Å². The van der Waals surface area contributed by atoms with Crippen LogP contribution in [0, 0.1) is 5.92 Å². The van der Waals surface area contributed by atoms with Gasteiger partial charge in [0.15, 0.2) is 0 Å². The van der Waals surface area contributed by atoms with Gasteiger partial charge in [-0.05, 0) is 25.9 Å². The van der Waals surface area contributed by atoms with Crippen molar-refractivity contribution < 1.29 is 0 Å². The number of rotatable bonds is 1. The highest BCUT2D eigenvalue weighted by molar-refractivity contribution is 5.86. The Balaban J connectivity index is 0.000000720. The van der Waals surface area contributed by atoms with Crippen LogP contribution in [0.2, 0.25) is 0 Å². The van der Waals surface area contributed by atoms with Gasteiger partial charge in [-0.15, -0.1) is 24.8 Å². The van der Waals surface area contributed by atoms with Crippen LogP contribution < -0.4 is 10.6 Å². The average Bonchev–Trinajstić information content (AvgIpc) is 2.58. The van der Waals surface area contributed by atoms with Gasteiger partial charge in [-0.3, -0.25) is 4.99 Å². The van der Waals surface area contributed by atoms with Crippen molar-refractivity contribution in [2.75, 3.05) is 26.2 Å². The van der Waals surface area contributed by atoms with E-state index < -0.39 is 0 Å². The molecule has 2 rings (SSSR count). The van der Waals surface area contributed by atoms with Gasteiger partial charge in [0.1, 0.15) is 0 Å². The van der Waals surface area contributed by atoms with Crippen molar-refractivity contribution in [1.82, 2.24) is 10.6 Å². The van der Waals surface area contributed by atoms with Crippen LogP contribution in [-0.2, 0) is 0 Å². The summed E-state index contributed by atoms with van der Waals surface area (Å²) in [5.41, 5.74) is 0. The number of aliphatic imine (C=N–C) groups is 1. The molecule has 0 aliphatic carbocycles. The van der Waals surface area contributed by atoms with E-state index in [0.717, 1.165) is 32.1 Å². The Morgan fingerprint density at radius 1 is 1.08 bits per heavy atom. The molecule has 3 nitrogen and oxygen atoms in total. The molecule has 5 heteroatoms. The summed E-state index contributed by atoms with van der Waals surface area (Å²) < 4.78 is 0. The van der Waals surface area contributed by atoms with Crippen molar-refractivity contribution in [3.63, 3.8) is 0 Å². The van der Waals surface area contributed by atoms with Gasteiger partial charge in [0, 0.05) is 12.5 Å². The fourth-order valence-corrected chi connectivity index (χ4v) is 1.79. The fourth-order valence-electron chi connectivity index (χ4n) is 1.79. The number of halogens is 2. The zero-order valence-corrected chi connectivity index (χ0v) is 9.22. The molecule has 0 radical (unpaired) electrons. The van der Waals surface area contributed by atoms with E-state index in [4.69, 9.17) is 0 Å². The lowest BCUT2D eigenvalue weighted by Gasteiger charge is -2.22. The smallest absolute Gasteiger partial charge is 0.0996 e. The van der Waals surface area contributed by atoms with Crippen LogP contribution in [0.4, 0.5) is 0 Å². The predicted octanol–water partition coefficient (Wildman–Crippen LogP) is 0.831. The topological polar surface area (TPSA) is 36.4 Å². The molecule has 0 aromatic rings. The van der Waals surface area contributed by atoms with Gasteiger partial charge in [-0.2, -0.15) is 0 Å². The lowest BCUT2D eigenvalue weighted by molar-refractivity contribution is 0.451. The van der Waals surface area contributed by atoms with Crippen molar-refractivity contribution in [2.24, 2.45) is 10.9 Å². The molecular weight excluding hydrogens is 209 g/mol. The molecule has 1 saturated heterocycles. The highest BCUT2D eigenvalue weighted by Gasteiger charge is 2.20. The summed E-state index contributed by atoms with van der Waals surface area (Å²) in [7, 11) is 0. The molecule has 2 N–H and O–H groups in total. The monoisotopic (exact) mass is 225 g/mol. The molecule has 0 bridgehead atoms. The van der Waals surface area contributed by atoms with Gasteiger partial charge >= 0.3 is 0 Å². The second kappa shape index (κ2) is 6.46. The summed E-state index contributed by atoms with van der Waals surface area (Å²) in [6.07, 6.45) is 2.51. The quantitative estimate of drug-likeness (QED) is 0.694. The molecule has 78 valence electrons. The molecule has 0 spiro atoms. The number of hydrogen-bond donors (Lipinski definition) is 2. The third kappa shape index (κ3) is 3.33. The number of nitrogens with one attached hydrogen (secondary N) is 2. The maximum atomic E-state index is 4.44. The Morgan fingerprint density at radius 2 is 1.77 bits per heavy atom. The summed E-state index contributed by atoms with van der Waals surface area (Å²) >= 11 is 0. The normalized spacial score (nSPS) is 22.3. The molecule has 0 atom stereocenters. The van der Waals surface area contributed by atoms with Gasteiger partial charge in [-0.1, -0.05) is 0 Å². The highest BCUT2D eigenvalue weighted by atomic mass is 35.5. The molecule has 2 aliphatic rings. The van der Waals surface area contributed by atoms with Gasteiger partial charge in [-0.25, -0.2) is 0 Å². The van der Waals surface area contributed by atoms with E-state index in [9.17, 15) is 0 Å². The van der Waals surface area contributed by atoms with Gasteiger partial charge < -0.3 is 10.6 Å². The van der Waals surface area contributed by atoms with E-state index >= 15 is 0 Å².